The number of hydrogen-bond acceptors (Lipinski definition) is 5. The average molecular weight is 389 g/mol. The molecule has 0 amide bonds. The Balaban J connectivity index is 2.61. The lowest BCUT2D eigenvalue weighted by Crippen LogP contribution is -2.49. The molecule has 1 heterocycles. The van der Waals surface area contributed by atoms with E-state index in [-0.39, 0.29) is 21.9 Å². The number of aryl methyl sites for hydroxylation is 1. The maximum absolute atomic E-state index is 13.2. The lowest BCUT2D eigenvalue weighted by molar-refractivity contribution is -0.144. The first-order chi connectivity index (χ1) is 11.4. The second kappa shape index (κ2) is 6.69. The van der Waals surface area contributed by atoms with Crippen LogP contribution in [0.2, 0.25) is 0 Å². The fourth-order valence-corrected chi connectivity index (χ4v) is 6.52. The summed E-state index contributed by atoms with van der Waals surface area (Å²) in [5.41, 5.74) is 0.682. The standard InChI is InChI=1S/C16H23NO6S2/c1-10-8-14(24(4,20)21)11(2)15(9-10)25(22,23)17-7-5-6-13(12(17)3)16(18)19/h8-9,12-13H,5-7H2,1-4H3,(H,18,19)/t12-,13-/m1/s1. The van der Waals surface area contributed by atoms with Gasteiger partial charge in [0.15, 0.2) is 9.84 Å². The predicted octanol–water partition coefficient (Wildman–Crippen LogP) is 1.58. The number of benzene rings is 1. The number of sulfone groups is 1. The maximum Gasteiger partial charge on any atom is 0.308 e. The molecule has 1 aromatic carbocycles. The normalized spacial score (nSPS) is 22.7. The van der Waals surface area contributed by atoms with Crippen LogP contribution in [0.15, 0.2) is 21.9 Å². The molecular weight excluding hydrogens is 366 g/mol. The molecule has 0 aromatic heterocycles. The van der Waals surface area contributed by atoms with Crippen LogP contribution in [0.25, 0.3) is 0 Å². The van der Waals surface area contributed by atoms with Crippen molar-refractivity contribution in [3.05, 3.63) is 23.3 Å². The van der Waals surface area contributed by atoms with Gasteiger partial charge >= 0.3 is 5.97 Å². The predicted molar refractivity (Wildman–Crippen MR) is 92.7 cm³/mol. The Bertz CT molecular complexity index is 905. The van der Waals surface area contributed by atoms with Gasteiger partial charge in [-0.2, -0.15) is 4.31 Å². The lowest BCUT2D eigenvalue weighted by atomic mass is 9.92. The van der Waals surface area contributed by atoms with Crippen molar-refractivity contribution >= 4 is 25.8 Å². The molecule has 0 radical (unpaired) electrons. The molecule has 1 saturated heterocycles. The first kappa shape index (κ1) is 19.9. The first-order valence-electron chi connectivity index (χ1n) is 7.93. The summed E-state index contributed by atoms with van der Waals surface area (Å²) in [6.45, 7) is 4.89. The molecule has 25 heavy (non-hydrogen) atoms. The van der Waals surface area contributed by atoms with E-state index < -0.39 is 37.8 Å². The number of sulfonamides is 1. The molecule has 7 nitrogen and oxygen atoms in total. The highest BCUT2D eigenvalue weighted by molar-refractivity contribution is 7.91. The molecule has 0 aliphatic carbocycles. The van der Waals surface area contributed by atoms with E-state index in [4.69, 9.17) is 0 Å². The van der Waals surface area contributed by atoms with E-state index in [0.717, 1.165) is 6.26 Å². The zero-order chi connectivity index (χ0) is 19.2. The number of carboxylic acid groups (broad SMARTS) is 1. The third-order valence-electron chi connectivity index (χ3n) is 4.69. The molecule has 1 fully saturated rings. The zero-order valence-electron chi connectivity index (χ0n) is 14.7. The molecule has 140 valence electrons. The minimum atomic E-state index is -4.01. The van der Waals surface area contributed by atoms with Gasteiger partial charge in [0.25, 0.3) is 0 Å². The zero-order valence-corrected chi connectivity index (χ0v) is 16.3. The quantitative estimate of drug-likeness (QED) is 0.837. The summed E-state index contributed by atoms with van der Waals surface area (Å²) in [6.07, 6.45) is 1.91. The molecule has 1 N–H and O–H groups in total. The molecule has 2 atom stereocenters. The molecule has 0 saturated carbocycles. The van der Waals surface area contributed by atoms with Crippen LogP contribution in [-0.4, -0.2) is 51.1 Å². The number of piperidine rings is 1. The molecule has 9 heteroatoms. The van der Waals surface area contributed by atoms with Crippen LogP contribution < -0.4 is 0 Å². The fourth-order valence-electron chi connectivity index (χ4n) is 3.35. The fraction of sp³-hybridized carbons (Fsp3) is 0.562. The Kier molecular flexibility index (Phi) is 5.32. The number of hydrogen-bond donors (Lipinski definition) is 1. The van der Waals surface area contributed by atoms with Crippen LogP contribution in [-0.2, 0) is 24.7 Å². The summed E-state index contributed by atoms with van der Waals surface area (Å²) in [5.74, 6) is -1.80. The maximum atomic E-state index is 13.2. The number of rotatable bonds is 4. The molecule has 1 aliphatic rings. The van der Waals surface area contributed by atoms with Gasteiger partial charge in [-0.05, 0) is 56.9 Å². The van der Waals surface area contributed by atoms with Crippen LogP contribution in [0, 0.1) is 19.8 Å². The summed E-state index contributed by atoms with van der Waals surface area (Å²) in [6, 6.07) is 2.19. The number of carbonyl (C=O) groups is 1. The van der Waals surface area contributed by atoms with E-state index in [1.165, 1.54) is 23.4 Å². The summed E-state index contributed by atoms with van der Waals surface area (Å²) in [7, 11) is -7.59. The van der Waals surface area contributed by atoms with Crippen LogP contribution in [0.1, 0.15) is 30.9 Å². The molecule has 2 rings (SSSR count). The molecular formula is C16H23NO6S2. The van der Waals surface area contributed by atoms with Crippen molar-refractivity contribution in [2.75, 3.05) is 12.8 Å². The molecule has 0 spiro atoms. The van der Waals surface area contributed by atoms with Crippen LogP contribution >= 0.6 is 0 Å². The van der Waals surface area contributed by atoms with Crippen molar-refractivity contribution in [3.63, 3.8) is 0 Å². The smallest absolute Gasteiger partial charge is 0.308 e. The minimum absolute atomic E-state index is 0.0227. The SMILES string of the molecule is Cc1cc(S(C)(=O)=O)c(C)c(S(=O)(=O)N2CCC[C@@H](C(=O)O)[C@H]2C)c1. The lowest BCUT2D eigenvalue weighted by Gasteiger charge is -2.36. The van der Waals surface area contributed by atoms with Gasteiger partial charge in [-0.3, -0.25) is 4.79 Å². The van der Waals surface area contributed by atoms with Gasteiger partial charge in [-0.1, -0.05) is 0 Å². The van der Waals surface area contributed by atoms with Gasteiger partial charge in [0.1, 0.15) is 0 Å². The van der Waals surface area contributed by atoms with E-state index in [9.17, 15) is 26.7 Å². The summed E-state index contributed by atoms with van der Waals surface area (Å²) < 4.78 is 51.5. The molecule has 1 aliphatic heterocycles. The van der Waals surface area contributed by atoms with Crippen molar-refractivity contribution in [2.24, 2.45) is 5.92 Å². The third-order valence-corrected chi connectivity index (χ3v) is 8.03. The minimum Gasteiger partial charge on any atom is -0.481 e. The van der Waals surface area contributed by atoms with E-state index in [1.807, 2.05) is 0 Å². The van der Waals surface area contributed by atoms with Gasteiger partial charge in [-0.15, -0.1) is 0 Å². The summed E-state index contributed by atoms with van der Waals surface area (Å²) in [4.78, 5) is 11.3. The Hall–Kier alpha value is -1.45. The average Bonchev–Trinajstić information content (AvgIpc) is 2.47. The van der Waals surface area contributed by atoms with Crippen LogP contribution in [0.5, 0.6) is 0 Å². The third kappa shape index (κ3) is 3.73. The largest absolute Gasteiger partial charge is 0.481 e. The van der Waals surface area contributed by atoms with Crippen molar-refractivity contribution in [1.29, 1.82) is 0 Å². The highest BCUT2D eigenvalue weighted by Crippen LogP contribution is 2.33. The Morgan fingerprint density at radius 3 is 2.24 bits per heavy atom. The highest BCUT2D eigenvalue weighted by Gasteiger charge is 2.40. The van der Waals surface area contributed by atoms with Gasteiger partial charge in [0, 0.05) is 18.8 Å². The highest BCUT2D eigenvalue weighted by atomic mass is 32.2. The van der Waals surface area contributed by atoms with Crippen molar-refractivity contribution in [1.82, 2.24) is 4.31 Å². The Morgan fingerprint density at radius 1 is 1.16 bits per heavy atom. The Labute approximate surface area is 148 Å². The van der Waals surface area contributed by atoms with Crippen molar-refractivity contribution in [2.45, 2.75) is 49.4 Å². The van der Waals surface area contributed by atoms with Crippen LogP contribution in [0.4, 0.5) is 0 Å². The monoisotopic (exact) mass is 389 g/mol. The van der Waals surface area contributed by atoms with Gasteiger partial charge in [0.05, 0.1) is 15.7 Å². The number of carboxylic acids is 1. The number of nitrogens with zero attached hydrogens (tertiary/aromatic N) is 1. The molecule has 1 aromatic rings. The topological polar surface area (TPSA) is 109 Å². The van der Waals surface area contributed by atoms with Crippen molar-refractivity contribution in [3.8, 4) is 0 Å². The van der Waals surface area contributed by atoms with Gasteiger partial charge < -0.3 is 5.11 Å². The van der Waals surface area contributed by atoms with Crippen LogP contribution in [0.3, 0.4) is 0 Å². The second-order valence-electron chi connectivity index (χ2n) is 6.60. The molecule has 0 bridgehead atoms. The first-order valence-corrected chi connectivity index (χ1v) is 11.3. The van der Waals surface area contributed by atoms with E-state index in [1.54, 1.807) is 13.8 Å². The summed E-state index contributed by atoms with van der Waals surface area (Å²) >= 11 is 0. The van der Waals surface area contributed by atoms with Crippen molar-refractivity contribution < 1.29 is 26.7 Å². The van der Waals surface area contributed by atoms with E-state index in [0.29, 0.717) is 18.4 Å². The second-order valence-corrected chi connectivity index (χ2v) is 10.4. The van der Waals surface area contributed by atoms with E-state index >= 15 is 0 Å². The summed E-state index contributed by atoms with van der Waals surface area (Å²) in [5, 5.41) is 9.31. The molecule has 0 unspecified atom stereocenters. The Morgan fingerprint density at radius 2 is 1.72 bits per heavy atom. The van der Waals surface area contributed by atoms with Gasteiger partial charge in [-0.25, -0.2) is 16.8 Å². The van der Waals surface area contributed by atoms with E-state index in [2.05, 4.69) is 0 Å². The van der Waals surface area contributed by atoms with Gasteiger partial charge in [0.2, 0.25) is 10.0 Å². The number of aliphatic carboxylic acids is 1.